The van der Waals surface area contributed by atoms with Gasteiger partial charge in [-0.25, -0.2) is 9.37 Å². The molecule has 2 heterocycles. The van der Waals surface area contributed by atoms with Gasteiger partial charge in [-0.05, 0) is 36.6 Å². The summed E-state index contributed by atoms with van der Waals surface area (Å²) in [4.78, 5) is 16.3. The van der Waals surface area contributed by atoms with E-state index in [4.69, 9.17) is 16.2 Å². The van der Waals surface area contributed by atoms with Crippen LogP contribution in [0, 0.1) is 11.7 Å². The Morgan fingerprint density at radius 1 is 1.35 bits per heavy atom. The molecule has 1 fully saturated rings. The minimum Gasteiger partial charge on any atom is -0.479 e. The van der Waals surface area contributed by atoms with Gasteiger partial charge in [-0.15, -0.1) is 5.10 Å². The number of pyridine rings is 1. The molecule has 1 amide bonds. The van der Waals surface area contributed by atoms with E-state index in [1.54, 1.807) is 11.8 Å². The van der Waals surface area contributed by atoms with Crippen LogP contribution in [0.4, 0.5) is 21.7 Å². The molecule has 1 atom stereocenters. The van der Waals surface area contributed by atoms with E-state index < -0.39 is 11.7 Å². The maximum Gasteiger partial charge on any atom is 0.252 e. The molecular formula is C21H26FN7O2. The highest BCUT2D eigenvalue weighted by atomic mass is 19.1. The summed E-state index contributed by atoms with van der Waals surface area (Å²) in [6.45, 7) is 0.357. The zero-order valence-electron chi connectivity index (χ0n) is 17.5. The first-order valence-corrected chi connectivity index (χ1v) is 10.1. The standard InChI is InChI=1S/C21H26FN7O2/c1-29-17-6-5-12(8-14(17)21(28-29)31-2)25-19-15(18(24)30)9-16(22)20(27-19)26-13(10-23)7-11-3-4-11/h5-6,8-9,11,13H,3-4,7,10,23H2,1-2H3,(H2,24,30)(H2,25,26,27). The molecule has 4 rings (SSSR count). The van der Waals surface area contributed by atoms with E-state index in [0.717, 1.165) is 23.4 Å². The quantitative estimate of drug-likeness (QED) is 0.412. The molecule has 31 heavy (non-hydrogen) atoms. The van der Waals surface area contributed by atoms with Crippen LogP contribution in [-0.2, 0) is 7.05 Å². The molecule has 2 aromatic heterocycles. The highest BCUT2D eigenvalue weighted by Gasteiger charge is 2.26. The van der Waals surface area contributed by atoms with Gasteiger partial charge in [-0.1, -0.05) is 12.8 Å². The third-order valence-electron chi connectivity index (χ3n) is 5.45. The van der Waals surface area contributed by atoms with E-state index in [1.807, 2.05) is 25.2 Å². The smallest absolute Gasteiger partial charge is 0.252 e. The first-order valence-electron chi connectivity index (χ1n) is 10.1. The third kappa shape index (κ3) is 4.38. The van der Waals surface area contributed by atoms with Crippen LogP contribution in [-0.4, -0.2) is 40.4 Å². The molecular weight excluding hydrogens is 401 g/mol. The second kappa shape index (κ2) is 8.38. The molecule has 1 aliphatic rings. The molecule has 0 aliphatic heterocycles. The van der Waals surface area contributed by atoms with Crippen LogP contribution < -0.4 is 26.8 Å². The Balaban J connectivity index is 1.67. The molecule has 9 nitrogen and oxygen atoms in total. The number of primary amides is 1. The molecule has 164 valence electrons. The number of carbonyl (C=O) groups is 1. The predicted octanol–water partition coefficient (Wildman–Crippen LogP) is 2.50. The zero-order chi connectivity index (χ0) is 22.1. The van der Waals surface area contributed by atoms with Gasteiger partial charge in [-0.3, -0.25) is 9.48 Å². The van der Waals surface area contributed by atoms with Gasteiger partial charge in [0, 0.05) is 25.3 Å². The highest BCUT2D eigenvalue weighted by molar-refractivity contribution is 5.99. The minimum atomic E-state index is -0.783. The fraction of sp³-hybridized carbons (Fsp3) is 0.381. The van der Waals surface area contributed by atoms with E-state index in [2.05, 4.69) is 20.7 Å². The third-order valence-corrected chi connectivity index (χ3v) is 5.45. The maximum absolute atomic E-state index is 14.7. The first-order chi connectivity index (χ1) is 14.9. The summed E-state index contributed by atoms with van der Waals surface area (Å²) in [6.07, 6.45) is 3.19. The molecule has 0 bridgehead atoms. The van der Waals surface area contributed by atoms with Gasteiger partial charge >= 0.3 is 0 Å². The van der Waals surface area contributed by atoms with Crippen LogP contribution in [0.3, 0.4) is 0 Å². The lowest BCUT2D eigenvalue weighted by molar-refractivity contribution is 0.100. The van der Waals surface area contributed by atoms with Crippen molar-refractivity contribution in [2.45, 2.75) is 25.3 Å². The number of halogens is 1. The van der Waals surface area contributed by atoms with Crippen molar-refractivity contribution in [1.82, 2.24) is 14.8 Å². The summed E-state index contributed by atoms with van der Waals surface area (Å²) < 4.78 is 21.7. The average Bonchev–Trinajstić information content (AvgIpc) is 3.51. The van der Waals surface area contributed by atoms with Crippen molar-refractivity contribution < 1.29 is 13.9 Å². The van der Waals surface area contributed by atoms with Crippen molar-refractivity contribution in [2.24, 2.45) is 24.4 Å². The van der Waals surface area contributed by atoms with E-state index in [9.17, 15) is 9.18 Å². The number of hydrogen-bond acceptors (Lipinski definition) is 7. The number of aryl methyl sites for hydroxylation is 1. The monoisotopic (exact) mass is 427 g/mol. The van der Waals surface area contributed by atoms with Crippen LogP contribution in [0.5, 0.6) is 5.88 Å². The van der Waals surface area contributed by atoms with E-state index >= 15 is 0 Å². The topological polar surface area (TPSA) is 133 Å². The van der Waals surface area contributed by atoms with Crippen molar-refractivity contribution in [2.75, 3.05) is 24.3 Å². The fourth-order valence-corrected chi connectivity index (χ4v) is 3.64. The Kier molecular flexibility index (Phi) is 5.64. The first kappa shape index (κ1) is 20.9. The summed E-state index contributed by atoms with van der Waals surface area (Å²) in [5, 5.41) is 11.2. The molecule has 1 saturated carbocycles. The number of ether oxygens (including phenoxy) is 1. The Morgan fingerprint density at radius 2 is 2.13 bits per heavy atom. The van der Waals surface area contributed by atoms with Crippen molar-refractivity contribution in [3.05, 3.63) is 35.6 Å². The Labute approximate surface area is 178 Å². The van der Waals surface area contributed by atoms with Crippen LogP contribution >= 0.6 is 0 Å². The molecule has 1 unspecified atom stereocenters. The number of anilines is 3. The lowest BCUT2D eigenvalue weighted by Crippen LogP contribution is -2.30. The summed E-state index contributed by atoms with van der Waals surface area (Å²) >= 11 is 0. The molecule has 6 N–H and O–H groups in total. The summed E-state index contributed by atoms with van der Waals surface area (Å²) in [6, 6.07) is 6.48. The largest absolute Gasteiger partial charge is 0.479 e. The summed E-state index contributed by atoms with van der Waals surface area (Å²) in [7, 11) is 3.36. The van der Waals surface area contributed by atoms with Gasteiger partial charge < -0.3 is 26.8 Å². The number of benzene rings is 1. The lowest BCUT2D eigenvalue weighted by Gasteiger charge is -2.19. The molecule has 3 aromatic rings. The number of nitrogens with one attached hydrogen (secondary N) is 2. The van der Waals surface area contributed by atoms with Crippen LogP contribution in [0.1, 0.15) is 29.6 Å². The van der Waals surface area contributed by atoms with Crippen LogP contribution in [0.2, 0.25) is 0 Å². The predicted molar refractivity (Wildman–Crippen MR) is 117 cm³/mol. The number of amides is 1. The Morgan fingerprint density at radius 3 is 2.77 bits per heavy atom. The lowest BCUT2D eigenvalue weighted by atomic mass is 10.1. The Bertz CT molecular complexity index is 1130. The zero-order valence-corrected chi connectivity index (χ0v) is 17.5. The second-order valence-electron chi connectivity index (χ2n) is 7.83. The fourth-order valence-electron chi connectivity index (χ4n) is 3.64. The number of nitrogens with zero attached hydrogens (tertiary/aromatic N) is 3. The summed E-state index contributed by atoms with van der Waals surface area (Å²) in [5.41, 5.74) is 12.8. The number of carbonyl (C=O) groups excluding carboxylic acids is 1. The number of rotatable bonds is 9. The molecule has 10 heteroatoms. The second-order valence-corrected chi connectivity index (χ2v) is 7.83. The molecule has 0 radical (unpaired) electrons. The summed E-state index contributed by atoms with van der Waals surface area (Å²) in [5.74, 6) is -0.166. The molecule has 1 aromatic carbocycles. The van der Waals surface area contributed by atoms with Crippen molar-refractivity contribution in [3.63, 3.8) is 0 Å². The highest BCUT2D eigenvalue weighted by Crippen LogP contribution is 2.34. The number of methoxy groups -OCH3 is 1. The van der Waals surface area contributed by atoms with E-state index in [0.29, 0.717) is 24.0 Å². The van der Waals surface area contributed by atoms with Gasteiger partial charge in [-0.2, -0.15) is 0 Å². The normalized spacial score (nSPS) is 14.5. The number of hydrogen-bond donors (Lipinski definition) is 4. The van der Waals surface area contributed by atoms with Gasteiger partial charge in [0.2, 0.25) is 5.88 Å². The maximum atomic E-state index is 14.7. The van der Waals surface area contributed by atoms with Crippen molar-refractivity contribution >= 4 is 34.1 Å². The number of fused-ring (bicyclic) bond motifs is 1. The van der Waals surface area contributed by atoms with E-state index in [-0.39, 0.29) is 23.2 Å². The molecule has 0 spiro atoms. The Hall–Kier alpha value is -3.40. The van der Waals surface area contributed by atoms with Gasteiger partial charge in [0.05, 0.1) is 23.6 Å². The average molecular weight is 427 g/mol. The van der Waals surface area contributed by atoms with Crippen LogP contribution in [0.25, 0.3) is 10.9 Å². The SMILES string of the molecule is COc1nn(C)c2ccc(Nc3nc(NC(CN)CC4CC4)c(F)cc3C(N)=O)cc12. The minimum absolute atomic E-state index is 0.0311. The van der Waals surface area contributed by atoms with Gasteiger partial charge in [0.15, 0.2) is 11.6 Å². The molecule has 0 saturated heterocycles. The molecule has 1 aliphatic carbocycles. The van der Waals surface area contributed by atoms with Crippen LogP contribution in [0.15, 0.2) is 24.3 Å². The van der Waals surface area contributed by atoms with Crippen molar-refractivity contribution in [3.8, 4) is 5.88 Å². The van der Waals surface area contributed by atoms with Gasteiger partial charge in [0.25, 0.3) is 5.91 Å². The van der Waals surface area contributed by atoms with Crippen molar-refractivity contribution in [1.29, 1.82) is 0 Å². The number of nitrogens with two attached hydrogens (primary N) is 2. The van der Waals surface area contributed by atoms with E-state index in [1.165, 1.54) is 12.8 Å². The number of aromatic nitrogens is 3. The van der Waals surface area contributed by atoms with Gasteiger partial charge in [0.1, 0.15) is 5.82 Å².